The number of sulfonamides is 1. The minimum absolute atomic E-state index is 0.0208. The summed E-state index contributed by atoms with van der Waals surface area (Å²) in [6, 6.07) is 0.0208. The summed E-state index contributed by atoms with van der Waals surface area (Å²) >= 11 is 3.62. The SMILES string of the molecule is Cc1n[nH]c(C)c1S(=O)(=O)N(C)C1CCCCC1Br. The number of hydrogen-bond acceptors (Lipinski definition) is 3. The van der Waals surface area contributed by atoms with Crippen LogP contribution in [0.4, 0.5) is 0 Å². The Bertz CT molecular complexity index is 536. The number of aryl methyl sites for hydroxylation is 2. The number of aromatic amines is 1. The van der Waals surface area contributed by atoms with E-state index < -0.39 is 10.0 Å². The summed E-state index contributed by atoms with van der Waals surface area (Å²) in [6.45, 7) is 3.46. The van der Waals surface area contributed by atoms with Crippen molar-refractivity contribution in [1.29, 1.82) is 0 Å². The second kappa shape index (κ2) is 5.54. The first-order valence-corrected chi connectivity index (χ1v) is 8.85. The van der Waals surface area contributed by atoms with Crippen LogP contribution in [0.2, 0.25) is 0 Å². The monoisotopic (exact) mass is 349 g/mol. The van der Waals surface area contributed by atoms with Crippen LogP contribution < -0.4 is 0 Å². The van der Waals surface area contributed by atoms with Crippen LogP contribution in [0.5, 0.6) is 0 Å². The molecular formula is C12H20BrN3O2S. The smallest absolute Gasteiger partial charge is 0.246 e. The quantitative estimate of drug-likeness (QED) is 0.851. The summed E-state index contributed by atoms with van der Waals surface area (Å²) in [5.74, 6) is 0. The summed E-state index contributed by atoms with van der Waals surface area (Å²) in [7, 11) is -1.81. The molecule has 1 heterocycles. The maximum atomic E-state index is 12.7. The molecule has 7 heteroatoms. The van der Waals surface area contributed by atoms with Crippen LogP contribution in [-0.2, 0) is 10.0 Å². The minimum Gasteiger partial charge on any atom is -0.281 e. The highest BCUT2D eigenvalue weighted by Crippen LogP contribution is 2.32. The standard InChI is InChI=1S/C12H20BrN3O2S/c1-8-12(9(2)15-14-8)19(17,18)16(3)11-7-5-4-6-10(11)13/h10-11H,4-7H2,1-3H3,(H,14,15). The molecule has 2 atom stereocenters. The van der Waals surface area contributed by atoms with E-state index in [9.17, 15) is 8.42 Å². The van der Waals surface area contributed by atoms with Gasteiger partial charge in [0.05, 0.1) is 11.4 Å². The Morgan fingerprint density at radius 1 is 1.32 bits per heavy atom. The Morgan fingerprint density at radius 2 is 1.95 bits per heavy atom. The average Bonchev–Trinajstić information content (AvgIpc) is 2.69. The van der Waals surface area contributed by atoms with E-state index in [1.54, 1.807) is 20.9 Å². The van der Waals surface area contributed by atoms with Gasteiger partial charge in [0.1, 0.15) is 4.90 Å². The lowest BCUT2D eigenvalue weighted by Crippen LogP contribution is -2.44. The largest absolute Gasteiger partial charge is 0.281 e. The molecule has 1 aliphatic rings. The number of hydrogen-bond donors (Lipinski definition) is 1. The molecule has 1 saturated carbocycles. The summed E-state index contributed by atoms with van der Waals surface area (Å²) in [5, 5.41) is 6.73. The zero-order chi connectivity index (χ0) is 14.2. The topological polar surface area (TPSA) is 66.1 Å². The molecule has 1 aromatic heterocycles. The van der Waals surface area contributed by atoms with Crippen molar-refractivity contribution in [3.8, 4) is 0 Å². The van der Waals surface area contributed by atoms with E-state index in [0.717, 1.165) is 25.7 Å². The van der Waals surface area contributed by atoms with Gasteiger partial charge in [0.15, 0.2) is 0 Å². The van der Waals surface area contributed by atoms with Crippen molar-refractivity contribution in [2.24, 2.45) is 0 Å². The van der Waals surface area contributed by atoms with Crippen molar-refractivity contribution in [2.45, 2.75) is 55.3 Å². The fourth-order valence-electron chi connectivity index (χ4n) is 2.72. The Labute approximate surface area is 122 Å². The molecule has 0 bridgehead atoms. The third kappa shape index (κ3) is 2.73. The van der Waals surface area contributed by atoms with Crippen LogP contribution in [0.25, 0.3) is 0 Å². The third-order valence-corrected chi connectivity index (χ3v) is 7.03. The summed E-state index contributed by atoms with van der Waals surface area (Å²) < 4.78 is 27.0. The predicted molar refractivity (Wildman–Crippen MR) is 78.0 cm³/mol. The van der Waals surface area contributed by atoms with Crippen LogP contribution in [-0.4, -0.2) is 40.8 Å². The lowest BCUT2D eigenvalue weighted by molar-refractivity contribution is 0.297. The van der Waals surface area contributed by atoms with Gasteiger partial charge in [-0.15, -0.1) is 0 Å². The van der Waals surface area contributed by atoms with Crippen LogP contribution in [0, 0.1) is 13.8 Å². The maximum absolute atomic E-state index is 12.7. The molecule has 0 saturated heterocycles. The molecule has 5 nitrogen and oxygen atoms in total. The van der Waals surface area contributed by atoms with E-state index in [0.29, 0.717) is 16.3 Å². The highest BCUT2D eigenvalue weighted by Gasteiger charge is 2.36. The Hall–Kier alpha value is -0.400. The van der Waals surface area contributed by atoms with E-state index in [-0.39, 0.29) is 10.9 Å². The normalized spacial score (nSPS) is 24.9. The van der Waals surface area contributed by atoms with Gasteiger partial charge in [-0.05, 0) is 26.7 Å². The molecule has 1 aromatic rings. The summed E-state index contributed by atoms with van der Waals surface area (Å²) in [6.07, 6.45) is 4.16. The van der Waals surface area contributed by atoms with Crippen molar-refractivity contribution >= 4 is 26.0 Å². The van der Waals surface area contributed by atoms with Crippen LogP contribution in [0.15, 0.2) is 4.90 Å². The van der Waals surface area contributed by atoms with Crippen molar-refractivity contribution in [1.82, 2.24) is 14.5 Å². The Kier molecular flexibility index (Phi) is 4.37. The number of aromatic nitrogens is 2. The molecule has 0 amide bonds. The molecule has 1 fully saturated rings. The highest BCUT2D eigenvalue weighted by atomic mass is 79.9. The van der Waals surface area contributed by atoms with Crippen LogP contribution in [0.1, 0.15) is 37.1 Å². The first-order chi connectivity index (χ1) is 8.85. The molecule has 1 N–H and O–H groups in total. The van der Waals surface area contributed by atoms with E-state index in [4.69, 9.17) is 0 Å². The zero-order valence-electron chi connectivity index (χ0n) is 11.5. The van der Waals surface area contributed by atoms with Crippen molar-refractivity contribution in [3.05, 3.63) is 11.4 Å². The van der Waals surface area contributed by atoms with Gasteiger partial charge in [0.2, 0.25) is 10.0 Å². The molecule has 0 spiro atoms. The summed E-state index contributed by atoms with van der Waals surface area (Å²) in [4.78, 5) is 0.550. The van der Waals surface area contributed by atoms with E-state index in [2.05, 4.69) is 26.1 Å². The third-order valence-electron chi connectivity index (χ3n) is 3.81. The van der Waals surface area contributed by atoms with Crippen LogP contribution >= 0.6 is 15.9 Å². The van der Waals surface area contributed by atoms with Crippen molar-refractivity contribution < 1.29 is 8.42 Å². The molecular weight excluding hydrogens is 330 g/mol. The number of nitrogens with one attached hydrogen (secondary N) is 1. The Morgan fingerprint density at radius 3 is 2.47 bits per heavy atom. The number of H-pyrrole nitrogens is 1. The van der Waals surface area contributed by atoms with Crippen molar-refractivity contribution in [3.63, 3.8) is 0 Å². The van der Waals surface area contributed by atoms with Crippen LogP contribution in [0.3, 0.4) is 0 Å². The zero-order valence-corrected chi connectivity index (χ0v) is 13.9. The van der Waals surface area contributed by atoms with Gasteiger partial charge in [-0.25, -0.2) is 8.42 Å². The maximum Gasteiger partial charge on any atom is 0.246 e. The summed E-state index contributed by atoms with van der Waals surface area (Å²) in [5.41, 5.74) is 1.14. The number of alkyl halides is 1. The Balaban J connectivity index is 2.34. The van der Waals surface area contributed by atoms with Gasteiger partial charge in [0, 0.05) is 17.9 Å². The molecule has 0 aliphatic heterocycles. The van der Waals surface area contributed by atoms with Gasteiger partial charge < -0.3 is 0 Å². The molecule has 2 unspecified atom stereocenters. The fraction of sp³-hybridized carbons (Fsp3) is 0.750. The molecule has 1 aliphatic carbocycles. The molecule has 0 aromatic carbocycles. The van der Waals surface area contributed by atoms with Crippen molar-refractivity contribution in [2.75, 3.05) is 7.05 Å². The van der Waals surface area contributed by atoms with Gasteiger partial charge in [-0.2, -0.15) is 9.40 Å². The lowest BCUT2D eigenvalue weighted by atomic mass is 9.96. The molecule has 108 valence electrons. The minimum atomic E-state index is -3.48. The number of halogens is 1. The van der Waals surface area contributed by atoms with E-state index in [1.807, 2.05) is 0 Å². The molecule has 0 radical (unpaired) electrons. The second-order valence-electron chi connectivity index (χ2n) is 5.15. The predicted octanol–water partition coefficient (Wildman–Crippen LogP) is 2.35. The highest BCUT2D eigenvalue weighted by molar-refractivity contribution is 9.09. The van der Waals surface area contributed by atoms with Gasteiger partial charge in [0.25, 0.3) is 0 Å². The number of nitrogens with zero attached hydrogens (tertiary/aromatic N) is 2. The van der Waals surface area contributed by atoms with E-state index in [1.165, 1.54) is 4.31 Å². The van der Waals surface area contributed by atoms with Gasteiger partial charge >= 0.3 is 0 Å². The first kappa shape index (κ1) is 15.0. The first-order valence-electron chi connectivity index (χ1n) is 6.49. The molecule has 19 heavy (non-hydrogen) atoms. The second-order valence-corrected chi connectivity index (χ2v) is 8.26. The fourth-order valence-corrected chi connectivity index (χ4v) is 5.57. The molecule has 2 rings (SSSR count). The number of rotatable bonds is 3. The van der Waals surface area contributed by atoms with Gasteiger partial charge in [-0.3, -0.25) is 5.10 Å². The van der Waals surface area contributed by atoms with Gasteiger partial charge in [-0.1, -0.05) is 28.8 Å². The van der Waals surface area contributed by atoms with E-state index >= 15 is 0 Å². The lowest BCUT2D eigenvalue weighted by Gasteiger charge is -2.34. The average molecular weight is 350 g/mol.